The number of aryl methyl sites for hydroxylation is 1. The monoisotopic (exact) mass is 267 g/mol. The number of rotatable bonds is 3. The third-order valence-corrected chi connectivity index (χ3v) is 3.35. The van der Waals surface area contributed by atoms with E-state index in [1.54, 1.807) is 18.3 Å². The van der Waals surface area contributed by atoms with Gasteiger partial charge in [0.2, 0.25) is 0 Å². The largest absolute Gasteiger partial charge is 0.326 e. The molecular weight excluding hydrogens is 254 g/mol. The van der Waals surface area contributed by atoms with Crippen molar-refractivity contribution in [3.8, 4) is 0 Å². The van der Waals surface area contributed by atoms with E-state index in [1.165, 1.54) is 12.1 Å². The first-order chi connectivity index (χ1) is 9.65. The standard InChI is InChI=1S/C15H13N3O2/c1-11-9-13-3-2-8-16-15(13)17(11)10-12-4-6-14(7-5-12)18(19)20/h2-9H,10H2,1H3. The van der Waals surface area contributed by atoms with Crippen LogP contribution in [0.3, 0.4) is 0 Å². The van der Waals surface area contributed by atoms with Crippen LogP contribution in [0.2, 0.25) is 0 Å². The molecule has 1 aromatic carbocycles. The lowest BCUT2D eigenvalue weighted by molar-refractivity contribution is -0.384. The van der Waals surface area contributed by atoms with Gasteiger partial charge < -0.3 is 4.57 Å². The maximum absolute atomic E-state index is 10.6. The number of non-ortho nitro benzene ring substituents is 1. The van der Waals surface area contributed by atoms with Gasteiger partial charge in [0.25, 0.3) is 5.69 Å². The molecular formula is C15H13N3O2. The molecule has 5 heteroatoms. The zero-order valence-electron chi connectivity index (χ0n) is 11.0. The van der Waals surface area contributed by atoms with Crippen LogP contribution in [0.4, 0.5) is 5.69 Å². The predicted octanol–water partition coefficient (Wildman–Crippen LogP) is 3.30. The van der Waals surface area contributed by atoms with Crippen molar-refractivity contribution in [1.82, 2.24) is 9.55 Å². The molecule has 0 aliphatic carbocycles. The van der Waals surface area contributed by atoms with E-state index >= 15 is 0 Å². The summed E-state index contributed by atoms with van der Waals surface area (Å²) in [7, 11) is 0. The second kappa shape index (κ2) is 4.77. The second-order valence-electron chi connectivity index (χ2n) is 4.71. The number of hydrogen-bond donors (Lipinski definition) is 0. The summed E-state index contributed by atoms with van der Waals surface area (Å²) in [6.45, 7) is 2.69. The lowest BCUT2D eigenvalue weighted by Crippen LogP contribution is -2.02. The molecule has 0 aliphatic rings. The minimum atomic E-state index is -0.387. The van der Waals surface area contributed by atoms with Crippen molar-refractivity contribution in [2.75, 3.05) is 0 Å². The molecule has 0 saturated heterocycles. The molecule has 0 amide bonds. The van der Waals surface area contributed by atoms with Crippen molar-refractivity contribution < 1.29 is 4.92 Å². The van der Waals surface area contributed by atoms with Crippen molar-refractivity contribution in [2.24, 2.45) is 0 Å². The van der Waals surface area contributed by atoms with Crippen LogP contribution in [0, 0.1) is 17.0 Å². The third-order valence-electron chi connectivity index (χ3n) is 3.35. The number of benzene rings is 1. The minimum absolute atomic E-state index is 0.112. The summed E-state index contributed by atoms with van der Waals surface area (Å²) in [5.41, 5.74) is 3.18. The Morgan fingerprint density at radius 1 is 1.25 bits per heavy atom. The van der Waals surface area contributed by atoms with E-state index in [4.69, 9.17) is 0 Å². The van der Waals surface area contributed by atoms with Gasteiger partial charge in [-0.15, -0.1) is 0 Å². The lowest BCUT2D eigenvalue weighted by Gasteiger charge is -2.07. The van der Waals surface area contributed by atoms with Crippen molar-refractivity contribution in [3.05, 3.63) is 70.0 Å². The van der Waals surface area contributed by atoms with E-state index in [-0.39, 0.29) is 10.6 Å². The zero-order valence-corrected chi connectivity index (χ0v) is 11.0. The van der Waals surface area contributed by atoms with Gasteiger partial charge in [-0.05, 0) is 30.7 Å². The molecule has 5 nitrogen and oxygen atoms in total. The smallest absolute Gasteiger partial charge is 0.269 e. The number of pyridine rings is 1. The Hall–Kier alpha value is -2.69. The van der Waals surface area contributed by atoms with Gasteiger partial charge in [0.15, 0.2) is 0 Å². The average molecular weight is 267 g/mol. The molecule has 0 spiro atoms. The Morgan fingerprint density at radius 3 is 2.70 bits per heavy atom. The minimum Gasteiger partial charge on any atom is -0.326 e. The van der Waals surface area contributed by atoms with Crippen LogP contribution in [-0.4, -0.2) is 14.5 Å². The van der Waals surface area contributed by atoms with Gasteiger partial charge in [-0.1, -0.05) is 12.1 Å². The molecule has 20 heavy (non-hydrogen) atoms. The Kier molecular flexibility index (Phi) is 2.95. The second-order valence-corrected chi connectivity index (χ2v) is 4.71. The molecule has 2 heterocycles. The number of nitro benzene ring substituents is 1. The molecule has 100 valence electrons. The van der Waals surface area contributed by atoms with E-state index in [1.807, 2.05) is 19.1 Å². The quantitative estimate of drug-likeness (QED) is 0.540. The van der Waals surface area contributed by atoms with Crippen molar-refractivity contribution >= 4 is 16.7 Å². The highest BCUT2D eigenvalue weighted by atomic mass is 16.6. The van der Waals surface area contributed by atoms with Crippen LogP contribution in [0.25, 0.3) is 11.0 Å². The number of nitro groups is 1. The van der Waals surface area contributed by atoms with Crippen LogP contribution in [0.15, 0.2) is 48.7 Å². The van der Waals surface area contributed by atoms with Crippen LogP contribution >= 0.6 is 0 Å². The SMILES string of the molecule is Cc1cc2cccnc2n1Cc1ccc([N+](=O)[O-])cc1. The normalized spacial score (nSPS) is 10.8. The fourth-order valence-electron chi connectivity index (χ4n) is 2.32. The number of aromatic nitrogens is 2. The first-order valence-electron chi connectivity index (χ1n) is 6.29. The molecule has 0 saturated carbocycles. The van der Waals surface area contributed by atoms with Gasteiger partial charge in [-0.3, -0.25) is 10.1 Å². The summed E-state index contributed by atoms with van der Waals surface area (Å²) in [6.07, 6.45) is 1.77. The summed E-state index contributed by atoms with van der Waals surface area (Å²) in [5, 5.41) is 11.8. The molecule has 2 aromatic heterocycles. The topological polar surface area (TPSA) is 61.0 Å². The van der Waals surface area contributed by atoms with E-state index in [0.29, 0.717) is 6.54 Å². The molecule has 3 rings (SSSR count). The zero-order chi connectivity index (χ0) is 14.1. The van der Waals surface area contributed by atoms with E-state index < -0.39 is 0 Å². The van der Waals surface area contributed by atoms with Crippen LogP contribution in [0.5, 0.6) is 0 Å². The van der Waals surface area contributed by atoms with Gasteiger partial charge in [0.1, 0.15) is 5.65 Å². The Labute approximate surface area is 115 Å². The number of hydrogen-bond acceptors (Lipinski definition) is 3. The van der Waals surface area contributed by atoms with Crippen molar-refractivity contribution in [3.63, 3.8) is 0 Å². The van der Waals surface area contributed by atoms with Crippen LogP contribution in [-0.2, 0) is 6.54 Å². The number of nitrogens with zero attached hydrogens (tertiary/aromatic N) is 3. The highest BCUT2D eigenvalue weighted by molar-refractivity contribution is 5.77. The van der Waals surface area contributed by atoms with Gasteiger partial charge >= 0.3 is 0 Å². The van der Waals surface area contributed by atoms with Gasteiger partial charge in [0.05, 0.1) is 4.92 Å². The van der Waals surface area contributed by atoms with E-state index in [0.717, 1.165) is 22.3 Å². The average Bonchev–Trinajstić information content (AvgIpc) is 2.76. The third kappa shape index (κ3) is 2.14. The summed E-state index contributed by atoms with van der Waals surface area (Å²) >= 11 is 0. The maximum atomic E-state index is 10.6. The van der Waals surface area contributed by atoms with E-state index in [2.05, 4.69) is 15.6 Å². The summed E-state index contributed by atoms with van der Waals surface area (Å²) in [5.74, 6) is 0. The maximum Gasteiger partial charge on any atom is 0.269 e. The molecule has 0 bridgehead atoms. The number of fused-ring (bicyclic) bond motifs is 1. The summed E-state index contributed by atoms with van der Waals surface area (Å²) < 4.78 is 2.11. The van der Waals surface area contributed by atoms with E-state index in [9.17, 15) is 10.1 Å². The lowest BCUT2D eigenvalue weighted by atomic mass is 10.2. The van der Waals surface area contributed by atoms with Crippen LogP contribution < -0.4 is 0 Å². The Morgan fingerprint density at radius 2 is 2.00 bits per heavy atom. The Bertz CT molecular complexity index is 775. The first-order valence-corrected chi connectivity index (χ1v) is 6.29. The molecule has 0 aliphatic heterocycles. The van der Waals surface area contributed by atoms with Gasteiger partial charge in [-0.25, -0.2) is 4.98 Å². The molecule has 0 atom stereocenters. The fourth-order valence-corrected chi connectivity index (χ4v) is 2.32. The first kappa shape index (κ1) is 12.3. The van der Waals surface area contributed by atoms with Crippen molar-refractivity contribution in [2.45, 2.75) is 13.5 Å². The molecule has 0 N–H and O–H groups in total. The molecule has 0 fully saturated rings. The van der Waals surface area contributed by atoms with Crippen molar-refractivity contribution in [1.29, 1.82) is 0 Å². The summed E-state index contributed by atoms with van der Waals surface area (Å²) in [6, 6.07) is 12.7. The highest BCUT2D eigenvalue weighted by Gasteiger charge is 2.08. The molecule has 0 radical (unpaired) electrons. The van der Waals surface area contributed by atoms with Crippen LogP contribution in [0.1, 0.15) is 11.3 Å². The molecule has 0 unspecified atom stereocenters. The molecule has 3 aromatic rings. The van der Waals surface area contributed by atoms with Gasteiger partial charge in [-0.2, -0.15) is 0 Å². The summed E-state index contributed by atoms with van der Waals surface area (Å²) in [4.78, 5) is 14.7. The predicted molar refractivity (Wildman–Crippen MR) is 76.7 cm³/mol. The van der Waals surface area contributed by atoms with Gasteiger partial charge in [0, 0.05) is 36.0 Å². The Balaban J connectivity index is 1.96. The highest BCUT2D eigenvalue weighted by Crippen LogP contribution is 2.19. The fraction of sp³-hybridized carbons (Fsp3) is 0.133.